The first-order valence-electron chi connectivity index (χ1n) is 7.12. The molecule has 0 fully saturated rings. The Hall–Kier alpha value is -2.00. The Kier molecular flexibility index (Phi) is 5.10. The van der Waals surface area contributed by atoms with Gasteiger partial charge in [0.1, 0.15) is 0 Å². The lowest BCUT2D eigenvalue weighted by Gasteiger charge is -2.11. The Labute approximate surface area is 154 Å². The summed E-state index contributed by atoms with van der Waals surface area (Å²) in [6.07, 6.45) is 0. The number of hydrogen-bond donors (Lipinski definition) is 0. The highest BCUT2D eigenvalue weighted by atomic mass is 35.5. The molecule has 3 rings (SSSR count). The van der Waals surface area contributed by atoms with E-state index in [-0.39, 0.29) is 5.25 Å². The maximum Gasteiger partial charge on any atom is 0.197 e. The van der Waals surface area contributed by atoms with Gasteiger partial charge in [-0.3, -0.25) is 4.57 Å². The molecule has 0 aliphatic heterocycles. The first-order valence-corrected chi connectivity index (χ1v) is 8.75. The van der Waals surface area contributed by atoms with Crippen molar-refractivity contribution in [2.45, 2.75) is 17.3 Å². The van der Waals surface area contributed by atoms with E-state index in [1.165, 1.54) is 11.8 Å². The van der Waals surface area contributed by atoms with Gasteiger partial charge in [0.15, 0.2) is 11.0 Å². The van der Waals surface area contributed by atoms with Gasteiger partial charge in [-0.05, 0) is 55.5 Å². The molecule has 0 bridgehead atoms. The molecule has 2 aromatic carbocycles. The minimum Gasteiger partial charge on any atom is -0.270 e. The van der Waals surface area contributed by atoms with Gasteiger partial charge in [-0.15, -0.1) is 10.2 Å². The number of rotatable bonds is 4. The molecule has 0 aliphatic carbocycles. The van der Waals surface area contributed by atoms with Gasteiger partial charge in [-0.1, -0.05) is 35.0 Å². The smallest absolute Gasteiger partial charge is 0.197 e. The summed E-state index contributed by atoms with van der Waals surface area (Å²) in [5, 5.41) is 19.4. The van der Waals surface area contributed by atoms with Crippen molar-refractivity contribution >= 4 is 35.0 Å². The van der Waals surface area contributed by atoms with Crippen molar-refractivity contribution in [2.75, 3.05) is 0 Å². The van der Waals surface area contributed by atoms with Gasteiger partial charge in [0.25, 0.3) is 0 Å². The zero-order valence-corrected chi connectivity index (χ0v) is 15.0. The summed E-state index contributed by atoms with van der Waals surface area (Å²) >= 11 is 13.3. The molecular weight excluding hydrogens is 363 g/mol. The molecule has 4 nitrogen and oxygen atoms in total. The topological polar surface area (TPSA) is 54.5 Å². The first kappa shape index (κ1) is 16.8. The molecule has 0 saturated carbocycles. The molecule has 0 aliphatic rings. The number of benzene rings is 2. The Bertz CT molecular complexity index is 882. The molecule has 0 radical (unpaired) electrons. The summed E-state index contributed by atoms with van der Waals surface area (Å²) in [5.74, 6) is 0.682. The van der Waals surface area contributed by atoms with E-state index in [4.69, 9.17) is 28.5 Å². The fourth-order valence-corrected chi connectivity index (χ4v) is 3.15. The Morgan fingerprint density at radius 1 is 1.00 bits per heavy atom. The summed E-state index contributed by atoms with van der Waals surface area (Å²) in [6, 6.07) is 17.0. The molecule has 3 aromatic rings. The fraction of sp³-hybridized carbons (Fsp3) is 0.118. The van der Waals surface area contributed by atoms with Crippen molar-refractivity contribution in [2.24, 2.45) is 0 Å². The van der Waals surface area contributed by atoms with Crippen LogP contribution in [0, 0.1) is 11.3 Å². The molecule has 1 aromatic heterocycles. The molecular formula is C17H12Cl2N4S. The van der Waals surface area contributed by atoms with Crippen LogP contribution in [-0.4, -0.2) is 20.0 Å². The van der Waals surface area contributed by atoms with Crippen LogP contribution >= 0.6 is 35.0 Å². The van der Waals surface area contributed by atoms with Gasteiger partial charge >= 0.3 is 0 Å². The predicted octanol–water partition coefficient (Wildman–Crippen LogP) is 5.25. The van der Waals surface area contributed by atoms with Gasteiger partial charge in [-0.25, -0.2) is 0 Å². The highest BCUT2D eigenvalue weighted by molar-refractivity contribution is 8.00. The SMILES string of the molecule is C[C@@H](C#N)Sc1nnc(-c2ccc(Cl)cc2)n1-c1ccc(Cl)cc1. The van der Waals surface area contributed by atoms with Crippen LogP contribution < -0.4 is 0 Å². The van der Waals surface area contributed by atoms with Gasteiger partial charge in [0.05, 0.1) is 11.3 Å². The predicted molar refractivity (Wildman–Crippen MR) is 97.7 cm³/mol. The molecule has 0 spiro atoms. The van der Waals surface area contributed by atoms with E-state index in [1.54, 1.807) is 0 Å². The summed E-state index contributed by atoms with van der Waals surface area (Å²) < 4.78 is 1.91. The van der Waals surface area contributed by atoms with E-state index in [0.29, 0.717) is 21.0 Å². The molecule has 0 N–H and O–H groups in total. The van der Waals surface area contributed by atoms with Crippen LogP contribution in [0.3, 0.4) is 0 Å². The largest absolute Gasteiger partial charge is 0.270 e. The van der Waals surface area contributed by atoms with Crippen molar-refractivity contribution in [1.82, 2.24) is 14.8 Å². The second-order valence-electron chi connectivity index (χ2n) is 5.01. The van der Waals surface area contributed by atoms with E-state index in [0.717, 1.165) is 11.3 Å². The highest BCUT2D eigenvalue weighted by Crippen LogP contribution is 2.30. The molecule has 1 heterocycles. The zero-order valence-electron chi connectivity index (χ0n) is 12.6. The molecule has 24 heavy (non-hydrogen) atoms. The van der Waals surface area contributed by atoms with Crippen LogP contribution in [0.15, 0.2) is 53.7 Å². The van der Waals surface area contributed by atoms with Gasteiger partial charge in [0.2, 0.25) is 0 Å². The number of thioether (sulfide) groups is 1. The van der Waals surface area contributed by atoms with Crippen molar-refractivity contribution in [1.29, 1.82) is 5.26 Å². The quantitative estimate of drug-likeness (QED) is 0.585. The monoisotopic (exact) mass is 374 g/mol. The highest BCUT2D eigenvalue weighted by Gasteiger charge is 2.18. The van der Waals surface area contributed by atoms with Crippen molar-refractivity contribution in [3.05, 3.63) is 58.6 Å². The van der Waals surface area contributed by atoms with E-state index < -0.39 is 0 Å². The van der Waals surface area contributed by atoms with Crippen LogP contribution in [0.5, 0.6) is 0 Å². The molecule has 1 atom stereocenters. The normalized spacial score (nSPS) is 11.9. The minimum absolute atomic E-state index is 0.238. The number of halogens is 2. The zero-order chi connectivity index (χ0) is 17.1. The maximum atomic E-state index is 9.09. The van der Waals surface area contributed by atoms with Crippen LogP contribution in [0.1, 0.15) is 6.92 Å². The Balaban J connectivity index is 2.14. The molecule has 7 heteroatoms. The summed E-state index contributed by atoms with van der Waals surface area (Å²) in [5.41, 5.74) is 1.76. The molecule has 0 amide bonds. The molecule has 120 valence electrons. The van der Waals surface area contributed by atoms with Crippen molar-refractivity contribution < 1.29 is 0 Å². The van der Waals surface area contributed by atoms with Crippen LogP contribution in [0.2, 0.25) is 10.0 Å². The average Bonchev–Trinajstić information content (AvgIpc) is 2.99. The van der Waals surface area contributed by atoms with Crippen LogP contribution in [-0.2, 0) is 0 Å². The van der Waals surface area contributed by atoms with Gasteiger partial charge in [0, 0.05) is 21.3 Å². The lowest BCUT2D eigenvalue weighted by Crippen LogP contribution is -2.01. The third kappa shape index (κ3) is 3.57. The summed E-state index contributed by atoms with van der Waals surface area (Å²) in [4.78, 5) is 0. The van der Waals surface area contributed by atoms with Gasteiger partial charge in [-0.2, -0.15) is 5.26 Å². The Morgan fingerprint density at radius 2 is 1.58 bits per heavy atom. The lowest BCUT2D eigenvalue weighted by molar-refractivity contribution is 0.883. The number of aromatic nitrogens is 3. The van der Waals surface area contributed by atoms with Gasteiger partial charge < -0.3 is 0 Å². The Morgan fingerprint density at radius 3 is 2.17 bits per heavy atom. The fourth-order valence-electron chi connectivity index (χ4n) is 2.14. The van der Waals surface area contributed by atoms with Crippen LogP contribution in [0.25, 0.3) is 17.1 Å². The van der Waals surface area contributed by atoms with Crippen molar-refractivity contribution in [3.8, 4) is 23.1 Å². The van der Waals surface area contributed by atoms with E-state index in [2.05, 4.69) is 16.3 Å². The van der Waals surface area contributed by atoms with Crippen LogP contribution in [0.4, 0.5) is 0 Å². The van der Waals surface area contributed by atoms with E-state index in [9.17, 15) is 0 Å². The summed E-state index contributed by atoms with van der Waals surface area (Å²) in [6.45, 7) is 1.83. The standard InChI is InChI=1S/C17H12Cl2N4S/c1-11(10-20)24-17-22-21-16(12-2-4-13(18)5-3-12)23(17)15-8-6-14(19)7-9-15/h2-9,11H,1H3/t11-/m0/s1. The second-order valence-corrected chi connectivity index (χ2v) is 7.19. The third-order valence-electron chi connectivity index (χ3n) is 3.28. The summed E-state index contributed by atoms with van der Waals surface area (Å²) in [7, 11) is 0. The number of nitrogens with zero attached hydrogens (tertiary/aromatic N) is 4. The van der Waals surface area contributed by atoms with E-state index in [1.807, 2.05) is 60.0 Å². The maximum absolute atomic E-state index is 9.09. The molecule has 0 unspecified atom stereocenters. The van der Waals surface area contributed by atoms with Crippen molar-refractivity contribution in [3.63, 3.8) is 0 Å². The van der Waals surface area contributed by atoms with E-state index >= 15 is 0 Å². The first-order chi connectivity index (χ1) is 11.6. The third-order valence-corrected chi connectivity index (χ3v) is 4.72. The second kappa shape index (κ2) is 7.27. The minimum atomic E-state index is -0.238. The molecule has 0 saturated heterocycles. The lowest BCUT2D eigenvalue weighted by atomic mass is 10.2. The average molecular weight is 375 g/mol. The number of nitriles is 1. The number of hydrogen-bond acceptors (Lipinski definition) is 4.